The third-order valence-corrected chi connectivity index (χ3v) is 2.64. The molecule has 0 spiro atoms. The lowest BCUT2D eigenvalue weighted by molar-refractivity contribution is 0.199. The average molecular weight is 301 g/mol. The summed E-state index contributed by atoms with van der Waals surface area (Å²) in [5.41, 5.74) is 0.866. The van der Waals surface area contributed by atoms with Crippen LogP contribution in [0.4, 0.5) is 10.5 Å². The fourth-order valence-electron chi connectivity index (χ4n) is 1.28. The first kappa shape index (κ1) is 9.51. The number of benzene rings is 1. The minimum atomic E-state index is -0.306. The molecular weight excluding hydrogens is 293 g/mol. The SMILES string of the molecule is O=C1OC(=CI)CN1c1ccccc1. The highest BCUT2D eigenvalue weighted by Crippen LogP contribution is 2.23. The van der Waals surface area contributed by atoms with Gasteiger partial charge < -0.3 is 4.74 Å². The van der Waals surface area contributed by atoms with Crippen LogP contribution in [0.25, 0.3) is 0 Å². The lowest BCUT2D eigenvalue weighted by atomic mass is 10.3. The van der Waals surface area contributed by atoms with E-state index in [1.165, 1.54) is 0 Å². The molecule has 1 heterocycles. The molecule has 0 aromatic heterocycles. The molecule has 0 saturated carbocycles. The molecule has 0 bridgehead atoms. The number of hydrogen-bond donors (Lipinski definition) is 0. The third kappa shape index (κ3) is 1.75. The summed E-state index contributed by atoms with van der Waals surface area (Å²) in [5.74, 6) is 0.694. The number of carbonyl (C=O) groups excluding carboxylic acids is 1. The Balaban J connectivity index is 2.25. The van der Waals surface area contributed by atoms with Crippen molar-refractivity contribution in [3.05, 3.63) is 40.2 Å². The molecule has 0 atom stereocenters. The fourth-order valence-corrected chi connectivity index (χ4v) is 1.61. The molecule has 2 rings (SSSR count). The molecule has 14 heavy (non-hydrogen) atoms. The normalized spacial score (nSPS) is 18.8. The van der Waals surface area contributed by atoms with E-state index in [1.807, 2.05) is 30.3 Å². The summed E-state index contributed by atoms with van der Waals surface area (Å²) in [6.45, 7) is 0.520. The van der Waals surface area contributed by atoms with E-state index in [0.717, 1.165) is 5.69 Å². The van der Waals surface area contributed by atoms with Crippen molar-refractivity contribution in [1.29, 1.82) is 0 Å². The topological polar surface area (TPSA) is 29.5 Å². The van der Waals surface area contributed by atoms with Gasteiger partial charge in [-0.25, -0.2) is 4.79 Å². The van der Waals surface area contributed by atoms with Gasteiger partial charge in [-0.15, -0.1) is 0 Å². The van der Waals surface area contributed by atoms with Crippen molar-refractivity contribution in [2.45, 2.75) is 0 Å². The molecule has 0 aliphatic carbocycles. The minimum absolute atomic E-state index is 0.306. The van der Waals surface area contributed by atoms with Crippen LogP contribution in [0.3, 0.4) is 0 Å². The number of rotatable bonds is 1. The van der Waals surface area contributed by atoms with Crippen LogP contribution in [0.15, 0.2) is 40.2 Å². The van der Waals surface area contributed by atoms with Crippen LogP contribution in [0.2, 0.25) is 0 Å². The van der Waals surface area contributed by atoms with Gasteiger partial charge >= 0.3 is 6.09 Å². The number of carbonyl (C=O) groups is 1. The molecule has 0 N–H and O–H groups in total. The predicted molar refractivity (Wildman–Crippen MR) is 62.4 cm³/mol. The highest BCUT2D eigenvalue weighted by atomic mass is 127. The average Bonchev–Trinajstić information content (AvgIpc) is 2.61. The quantitative estimate of drug-likeness (QED) is 0.746. The van der Waals surface area contributed by atoms with E-state index in [-0.39, 0.29) is 6.09 Å². The van der Waals surface area contributed by atoms with Crippen molar-refractivity contribution < 1.29 is 9.53 Å². The van der Waals surface area contributed by atoms with Gasteiger partial charge in [-0.1, -0.05) is 18.2 Å². The zero-order chi connectivity index (χ0) is 9.97. The first-order valence-electron chi connectivity index (χ1n) is 4.15. The van der Waals surface area contributed by atoms with Gasteiger partial charge in [0, 0.05) is 9.77 Å². The number of cyclic esters (lactones) is 1. The van der Waals surface area contributed by atoms with Crippen molar-refractivity contribution in [2.75, 3.05) is 11.4 Å². The van der Waals surface area contributed by atoms with Crippen molar-refractivity contribution in [2.24, 2.45) is 0 Å². The summed E-state index contributed by atoms with van der Waals surface area (Å²) in [4.78, 5) is 13.0. The molecule has 0 unspecified atom stereocenters. The number of hydrogen-bond acceptors (Lipinski definition) is 2. The molecule has 1 fully saturated rings. The summed E-state index contributed by atoms with van der Waals surface area (Å²) in [7, 11) is 0. The van der Waals surface area contributed by atoms with Crippen molar-refractivity contribution in [3.8, 4) is 0 Å². The predicted octanol–water partition coefficient (Wildman–Crippen LogP) is 2.92. The maximum Gasteiger partial charge on any atom is 0.419 e. The zero-order valence-corrected chi connectivity index (χ0v) is 9.47. The lowest BCUT2D eigenvalue weighted by Crippen LogP contribution is -2.22. The van der Waals surface area contributed by atoms with Gasteiger partial charge in [0.05, 0.1) is 6.54 Å². The Hall–Kier alpha value is -1.04. The van der Waals surface area contributed by atoms with Crippen molar-refractivity contribution in [1.82, 2.24) is 0 Å². The summed E-state index contributed by atoms with van der Waals surface area (Å²) in [6, 6.07) is 9.48. The highest BCUT2D eigenvalue weighted by Gasteiger charge is 2.27. The Bertz CT molecular complexity index is 375. The van der Waals surface area contributed by atoms with Gasteiger partial charge in [-0.2, -0.15) is 0 Å². The molecule has 1 saturated heterocycles. The fraction of sp³-hybridized carbons (Fsp3) is 0.100. The van der Waals surface area contributed by atoms with Crippen molar-refractivity contribution in [3.63, 3.8) is 0 Å². The molecular formula is C10H8INO2. The Morgan fingerprint density at radius 3 is 2.64 bits per heavy atom. The van der Waals surface area contributed by atoms with Gasteiger partial charge in [-0.3, -0.25) is 4.90 Å². The molecule has 0 radical (unpaired) electrons. The third-order valence-electron chi connectivity index (χ3n) is 1.94. The summed E-state index contributed by atoms with van der Waals surface area (Å²) < 4.78 is 6.79. The van der Waals surface area contributed by atoms with Gasteiger partial charge in [0.2, 0.25) is 0 Å². The molecule has 1 aliphatic heterocycles. The lowest BCUT2D eigenvalue weighted by Gasteiger charge is -2.10. The van der Waals surface area contributed by atoms with Crippen LogP contribution in [0.1, 0.15) is 0 Å². The summed E-state index contributed by atoms with van der Waals surface area (Å²) in [5, 5.41) is 0. The molecule has 1 aliphatic rings. The second kappa shape index (κ2) is 4.00. The van der Waals surface area contributed by atoms with Gasteiger partial charge in [0.25, 0.3) is 0 Å². The van der Waals surface area contributed by atoms with E-state index in [9.17, 15) is 4.79 Å². The Labute approximate surface area is 95.5 Å². The van der Waals surface area contributed by atoms with E-state index in [1.54, 1.807) is 8.98 Å². The Kier molecular flexibility index (Phi) is 2.72. The highest BCUT2D eigenvalue weighted by molar-refractivity contribution is 14.1. The van der Waals surface area contributed by atoms with Crippen LogP contribution < -0.4 is 4.90 Å². The Morgan fingerprint density at radius 2 is 2.07 bits per heavy atom. The van der Waals surface area contributed by atoms with Crippen molar-refractivity contribution >= 4 is 34.4 Å². The van der Waals surface area contributed by atoms with Crippen LogP contribution >= 0.6 is 22.6 Å². The standard InChI is InChI=1S/C10H8INO2/c11-6-9-7-12(10(13)14-9)8-4-2-1-3-5-8/h1-6H,7H2. The van der Waals surface area contributed by atoms with Gasteiger partial charge in [-0.05, 0) is 34.7 Å². The van der Waals surface area contributed by atoms with E-state index in [2.05, 4.69) is 22.6 Å². The first-order chi connectivity index (χ1) is 6.81. The molecule has 72 valence electrons. The number of halogens is 1. The molecule has 3 nitrogen and oxygen atoms in total. The van der Waals surface area contributed by atoms with E-state index >= 15 is 0 Å². The second-order valence-corrected chi connectivity index (χ2v) is 3.49. The molecule has 1 aromatic carbocycles. The summed E-state index contributed by atoms with van der Waals surface area (Å²) in [6.07, 6.45) is -0.306. The number of para-hydroxylation sites is 1. The first-order valence-corrected chi connectivity index (χ1v) is 5.39. The Morgan fingerprint density at radius 1 is 1.36 bits per heavy atom. The molecule has 4 heteroatoms. The maximum absolute atomic E-state index is 11.4. The zero-order valence-electron chi connectivity index (χ0n) is 7.31. The molecule has 1 aromatic rings. The number of amides is 1. The van der Waals surface area contributed by atoms with Crippen LogP contribution in [-0.2, 0) is 4.74 Å². The smallest absolute Gasteiger partial charge is 0.412 e. The maximum atomic E-state index is 11.4. The van der Waals surface area contributed by atoms with Gasteiger partial charge in [0.15, 0.2) is 0 Å². The van der Waals surface area contributed by atoms with Gasteiger partial charge in [0.1, 0.15) is 5.76 Å². The van der Waals surface area contributed by atoms with E-state index in [0.29, 0.717) is 12.3 Å². The van der Waals surface area contributed by atoms with Crippen LogP contribution in [-0.4, -0.2) is 12.6 Å². The summed E-state index contributed by atoms with van der Waals surface area (Å²) >= 11 is 2.06. The van der Waals surface area contributed by atoms with Crippen LogP contribution in [0.5, 0.6) is 0 Å². The number of anilines is 1. The number of nitrogens with zero attached hydrogens (tertiary/aromatic N) is 1. The second-order valence-electron chi connectivity index (χ2n) is 2.87. The molecule has 1 amide bonds. The number of ether oxygens (including phenoxy) is 1. The van der Waals surface area contributed by atoms with E-state index in [4.69, 9.17) is 4.74 Å². The minimum Gasteiger partial charge on any atom is -0.412 e. The van der Waals surface area contributed by atoms with E-state index < -0.39 is 0 Å². The largest absolute Gasteiger partial charge is 0.419 e. The monoisotopic (exact) mass is 301 g/mol. The van der Waals surface area contributed by atoms with Crippen LogP contribution in [0, 0.1) is 0 Å².